The molecule has 0 aliphatic rings. The van der Waals surface area contributed by atoms with Crippen molar-refractivity contribution in [3.05, 3.63) is 63.6 Å². The van der Waals surface area contributed by atoms with Gasteiger partial charge in [0.1, 0.15) is 0 Å². The van der Waals surface area contributed by atoms with Gasteiger partial charge in [0.15, 0.2) is 0 Å². The third-order valence-electron chi connectivity index (χ3n) is 3.02. The highest BCUT2D eigenvalue weighted by molar-refractivity contribution is 9.10. The van der Waals surface area contributed by atoms with Gasteiger partial charge in [0.25, 0.3) is 0 Å². The number of hydrogen-bond donors (Lipinski definition) is 1. The van der Waals surface area contributed by atoms with E-state index in [0.717, 1.165) is 16.7 Å². The summed E-state index contributed by atoms with van der Waals surface area (Å²) in [5.74, 6) is 0. The van der Waals surface area contributed by atoms with Crippen LogP contribution < -0.4 is 5.32 Å². The Balaban J connectivity index is 2.10. The van der Waals surface area contributed by atoms with E-state index < -0.39 is 0 Å². The number of nitrogens with one attached hydrogen (secondary N) is 1. The first kappa shape index (κ1) is 12.2. The summed E-state index contributed by atoms with van der Waals surface area (Å²) < 4.78 is 1.10. The molecule has 0 heterocycles. The van der Waals surface area contributed by atoms with Crippen molar-refractivity contribution < 1.29 is 0 Å². The molecule has 0 fully saturated rings. The zero-order chi connectivity index (χ0) is 12.3. The predicted octanol–water partition coefficient (Wildman–Crippen LogP) is 4.68. The van der Waals surface area contributed by atoms with Crippen LogP contribution >= 0.6 is 15.9 Å². The maximum absolute atomic E-state index is 3.47. The minimum absolute atomic E-state index is 0.865. The molecule has 0 unspecified atom stereocenters. The first-order chi connectivity index (χ1) is 8.16. The van der Waals surface area contributed by atoms with Gasteiger partial charge < -0.3 is 5.32 Å². The monoisotopic (exact) mass is 289 g/mol. The van der Waals surface area contributed by atoms with Gasteiger partial charge in [-0.15, -0.1) is 0 Å². The molecular formula is C15H16BrN. The summed E-state index contributed by atoms with van der Waals surface area (Å²) in [6.07, 6.45) is 0. The Morgan fingerprint density at radius 3 is 2.59 bits per heavy atom. The number of aryl methyl sites for hydroxylation is 1. The van der Waals surface area contributed by atoms with Gasteiger partial charge in [-0.3, -0.25) is 0 Å². The van der Waals surface area contributed by atoms with Gasteiger partial charge in [0.05, 0.1) is 0 Å². The number of rotatable bonds is 3. The Labute approximate surface area is 111 Å². The summed E-state index contributed by atoms with van der Waals surface area (Å²) >= 11 is 3.47. The minimum Gasteiger partial charge on any atom is -0.381 e. The van der Waals surface area contributed by atoms with E-state index in [1.54, 1.807) is 0 Å². The van der Waals surface area contributed by atoms with Crippen LogP contribution in [-0.2, 0) is 6.54 Å². The Kier molecular flexibility index (Phi) is 3.85. The molecule has 0 saturated carbocycles. The Morgan fingerprint density at radius 2 is 1.82 bits per heavy atom. The molecule has 88 valence electrons. The Bertz CT molecular complexity index is 520. The molecule has 1 nitrogen and oxygen atoms in total. The van der Waals surface area contributed by atoms with Crippen LogP contribution in [0.25, 0.3) is 0 Å². The average Bonchev–Trinajstić information content (AvgIpc) is 2.31. The Hall–Kier alpha value is -1.28. The molecule has 0 atom stereocenters. The van der Waals surface area contributed by atoms with E-state index in [4.69, 9.17) is 0 Å². The average molecular weight is 290 g/mol. The van der Waals surface area contributed by atoms with E-state index in [1.165, 1.54) is 16.7 Å². The van der Waals surface area contributed by atoms with Crippen LogP contribution in [0.3, 0.4) is 0 Å². The van der Waals surface area contributed by atoms with E-state index in [0.29, 0.717) is 0 Å². The van der Waals surface area contributed by atoms with Crippen LogP contribution in [0.2, 0.25) is 0 Å². The molecule has 17 heavy (non-hydrogen) atoms. The molecule has 0 aromatic heterocycles. The van der Waals surface area contributed by atoms with Crippen LogP contribution in [0.1, 0.15) is 16.7 Å². The van der Waals surface area contributed by atoms with Gasteiger partial charge in [0, 0.05) is 16.7 Å². The maximum Gasteiger partial charge on any atom is 0.0403 e. The van der Waals surface area contributed by atoms with Crippen LogP contribution in [0.15, 0.2) is 46.9 Å². The maximum atomic E-state index is 3.47. The first-order valence-corrected chi connectivity index (χ1v) is 6.50. The standard InChI is InChI=1S/C15H16BrN/c1-11-5-3-6-13(12(11)2)10-17-15-8-4-7-14(16)9-15/h3-9,17H,10H2,1-2H3. The summed E-state index contributed by atoms with van der Waals surface area (Å²) in [4.78, 5) is 0. The lowest BCUT2D eigenvalue weighted by atomic mass is 10.0. The van der Waals surface area contributed by atoms with Crippen LogP contribution in [-0.4, -0.2) is 0 Å². The quantitative estimate of drug-likeness (QED) is 0.865. The van der Waals surface area contributed by atoms with Crippen LogP contribution in [0.5, 0.6) is 0 Å². The second-order valence-electron chi connectivity index (χ2n) is 4.22. The van der Waals surface area contributed by atoms with Gasteiger partial charge in [0.2, 0.25) is 0 Å². The van der Waals surface area contributed by atoms with Gasteiger partial charge >= 0.3 is 0 Å². The smallest absolute Gasteiger partial charge is 0.0403 e. The Morgan fingerprint density at radius 1 is 1.06 bits per heavy atom. The predicted molar refractivity (Wildman–Crippen MR) is 77.4 cm³/mol. The normalized spacial score (nSPS) is 10.3. The second-order valence-corrected chi connectivity index (χ2v) is 5.14. The van der Waals surface area contributed by atoms with E-state index in [2.05, 4.69) is 65.4 Å². The number of benzene rings is 2. The van der Waals surface area contributed by atoms with E-state index >= 15 is 0 Å². The lowest BCUT2D eigenvalue weighted by Gasteiger charge is -2.11. The lowest BCUT2D eigenvalue weighted by Crippen LogP contribution is -2.02. The highest BCUT2D eigenvalue weighted by Gasteiger charge is 2.00. The molecule has 0 spiro atoms. The van der Waals surface area contributed by atoms with Crippen molar-refractivity contribution in [1.82, 2.24) is 0 Å². The SMILES string of the molecule is Cc1cccc(CNc2cccc(Br)c2)c1C. The molecule has 0 aliphatic heterocycles. The number of anilines is 1. The first-order valence-electron chi connectivity index (χ1n) is 5.71. The second kappa shape index (κ2) is 5.37. The minimum atomic E-state index is 0.865. The van der Waals surface area contributed by atoms with Crippen LogP contribution in [0, 0.1) is 13.8 Å². The van der Waals surface area contributed by atoms with Crippen molar-refractivity contribution in [3.63, 3.8) is 0 Å². The van der Waals surface area contributed by atoms with Gasteiger partial charge in [-0.25, -0.2) is 0 Å². The lowest BCUT2D eigenvalue weighted by molar-refractivity contribution is 1.10. The van der Waals surface area contributed by atoms with Crippen molar-refractivity contribution in [1.29, 1.82) is 0 Å². The summed E-state index contributed by atoms with van der Waals surface area (Å²) in [5, 5.41) is 3.44. The third-order valence-corrected chi connectivity index (χ3v) is 3.52. The zero-order valence-corrected chi connectivity index (χ0v) is 11.7. The van der Waals surface area contributed by atoms with Gasteiger partial charge in [-0.05, 0) is 48.7 Å². The van der Waals surface area contributed by atoms with Crippen molar-refractivity contribution in [3.8, 4) is 0 Å². The summed E-state index contributed by atoms with van der Waals surface area (Å²) in [6, 6.07) is 14.7. The molecule has 1 N–H and O–H groups in total. The fourth-order valence-corrected chi connectivity index (χ4v) is 2.20. The summed E-state index contributed by atoms with van der Waals surface area (Å²) in [5.41, 5.74) is 5.21. The third kappa shape index (κ3) is 3.10. The van der Waals surface area contributed by atoms with E-state index in [9.17, 15) is 0 Å². The largest absolute Gasteiger partial charge is 0.381 e. The molecule has 0 saturated heterocycles. The fraction of sp³-hybridized carbons (Fsp3) is 0.200. The molecule has 2 aromatic carbocycles. The zero-order valence-electron chi connectivity index (χ0n) is 10.1. The molecule has 2 heteroatoms. The van der Waals surface area contributed by atoms with Crippen LogP contribution in [0.4, 0.5) is 5.69 Å². The van der Waals surface area contributed by atoms with Gasteiger partial charge in [-0.1, -0.05) is 40.2 Å². The van der Waals surface area contributed by atoms with E-state index in [1.807, 2.05) is 12.1 Å². The highest BCUT2D eigenvalue weighted by Crippen LogP contribution is 2.18. The van der Waals surface area contributed by atoms with Gasteiger partial charge in [-0.2, -0.15) is 0 Å². The van der Waals surface area contributed by atoms with Crippen molar-refractivity contribution in [2.24, 2.45) is 0 Å². The molecule has 0 amide bonds. The van der Waals surface area contributed by atoms with E-state index in [-0.39, 0.29) is 0 Å². The summed E-state index contributed by atoms with van der Waals surface area (Å²) in [7, 11) is 0. The number of hydrogen-bond acceptors (Lipinski definition) is 1. The molecule has 2 rings (SSSR count). The van der Waals surface area contributed by atoms with Crippen molar-refractivity contribution in [2.75, 3.05) is 5.32 Å². The topological polar surface area (TPSA) is 12.0 Å². The molecule has 2 aromatic rings. The van der Waals surface area contributed by atoms with Crippen molar-refractivity contribution in [2.45, 2.75) is 20.4 Å². The fourth-order valence-electron chi connectivity index (χ4n) is 1.80. The molecular weight excluding hydrogens is 274 g/mol. The number of halogens is 1. The molecule has 0 bridgehead atoms. The highest BCUT2D eigenvalue weighted by atomic mass is 79.9. The summed E-state index contributed by atoms with van der Waals surface area (Å²) in [6.45, 7) is 5.19. The van der Waals surface area contributed by atoms with Crippen molar-refractivity contribution >= 4 is 21.6 Å². The molecule has 0 radical (unpaired) electrons. The molecule has 0 aliphatic carbocycles.